The molecule has 2 rings (SSSR count). The molecule has 0 amide bonds. The van der Waals surface area contributed by atoms with Crippen LogP contribution in [-0.2, 0) is 7.05 Å². The normalized spacial score (nSPS) is 12.4. The lowest BCUT2D eigenvalue weighted by Gasteiger charge is -2.14. The van der Waals surface area contributed by atoms with Crippen molar-refractivity contribution in [1.29, 1.82) is 0 Å². The largest absolute Gasteiger partial charge is 0.494 e. The molecule has 6 heteroatoms. The Labute approximate surface area is 120 Å². The van der Waals surface area contributed by atoms with Crippen molar-refractivity contribution in [2.45, 2.75) is 19.4 Å². The molecule has 1 heterocycles. The second kappa shape index (κ2) is 6.16. The van der Waals surface area contributed by atoms with E-state index in [2.05, 4.69) is 33.2 Å². The molecule has 1 unspecified atom stereocenters. The maximum Gasteiger partial charge on any atom is 0.153 e. The molecule has 19 heavy (non-hydrogen) atoms. The van der Waals surface area contributed by atoms with Crippen molar-refractivity contribution in [3.63, 3.8) is 0 Å². The molecule has 0 aliphatic carbocycles. The van der Waals surface area contributed by atoms with Crippen LogP contribution in [0.25, 0.3) is 0 Å². The molecular weight excluding hydrogens is 308 g/mol. The Hall–Kier alpha value is -1.40. The number of ether oxygens (including phenoxy) is 1. The SMILES string of the molecule is CCCOc1cccc(C(N)c2c(Br)nnn2C)c1. The summed E-state index contributed by atoms with van der Waals surface area (Å²) in [6.07, 6.45) is 0.980. The molecule has 2 N–H and O–H groups in total. The van der Waals surface area contributed by atoms with E-state index in [0.717, 1.165) is 23.4 Å². The number of aromatic nitrogens is 3. The van der Waals surface area contributed by atoms with Crippen molar-refractivity contribution in [2.75, 3.05) is 6.61 Å². The number of benzene rings is 1. The molecule has 0 fully saturated rings. The molecule has 0 aliphatic heterocycles. The molecule has 0 saturated carbocycles. The molecule has 0 bridgehead atoms. The number of hydrogen-bond donors (Lipinski definition) is 1. The number of hydrogen-bond acceptors (Lipinski definition) is 4. The molecule has 1 aromatic heterocycles. The highest BCUT2D eigenvalue weighted by molar-refractivity contribution is 9.10. The molecule has 0 radical (unpaired) electrons. The smallest absolute Gasteiger partial charge is 0.153 e. The zero-order valence-corrected chi connectivity index (χ0v) is 12.6. The monoisotopic (exact) mass is 324 g/mol. The highest BCUT2D eigenvalue weighted by Gasteiger charge is 2.18. The summed E-state index contributed by atoms with van der Waals surface area (Å²) >= 11 is 3.37. The predicted octanol–water partition coefficient (Wildman–Crippen LogP) is 2.41. The van der Waals surface area contributed by atoms with E-state index in [0.29, 0.717) is 11.2 Å². The van der Waals surface area contributed by atoms with Gasteiger partial charge in [-0.3, -0.25) is 0 Å². The van der Waals surface area contributed by atoms with Gasteiger partial charge in [0.15, 0.2) is 4.60 Å². The van der Waals surface area contributed by atoms with Crippen LogP contribution in [-0.4, -0.2) is 21.6 Å². The Morgan fingerprint density at radius 3 is 2.89 bits per heavy atom. The van der Waals surface area contributed by atoms with Crippen molar-refractivity contribution in [3.05, 3.63) is 40.1 Å². The average Bonchev–Trinajstić information content (AvgIpc) is 2.75. The van der Waals surface area contributed by atoms with Gasteiger partial charge in [-0.15, -0.1) is 5.10 Å². The van der Waals surface area contributed by atoms with Crippen LogP contribution >= 0.6 is 15.9 Å². The van der Waals surface area contributed by atoms with Crippen LogP contribution in [0.3, 0.4) is 0 Å². The topological polar surface area (TPSA) is 66.0 Å². The van der Waals surface area contributed by atoms with Crippen molar-refractivity contribution < 1.29 is 4.74 Å². The van der Waals surface area contributed by atoms with Crippen LogP contribution in [0.15, 0.2) is 28.9 Å². The summed E-state index contributed by atoms with van der Waals surface area (Å²) in [6.45, 7) is 2.78. The molecular formula is C13H17BrN4O. The van der Waals surface area contributed by atoms with Gasteiger partial charge in [-0.05, 0) is 40.0 Å². The summed E-state index contributed by atoms with van der Waals surface area (Å²) in [5.41, 5.74) is 8.09. The quantitative estimate of drug-likeness (QED) is 0.917. The average molecular weight is 325 g/mol. The van der Waals surface area contributed by atoms with Gasteiger partial charge in [-0.25, -0.2) is 4.68 Å². The Morgan fingerprint density at radius 2 is 2.26 bits per heavy atom. The minimum atomic E-state index is -0.292. The van der Waals surface area contributed by atoms with E-state index >= 15 is 0 Å². The predicted molar refractivity (Wildman–Crippen MR) is 77.0 cm³/mol. The van der Waals surface area contributed by atoms with E-state index in [1.807, 2.05) is 31.3 Å². The second-order valence-electron chi connectivity index (χ2n) is 4.29. The van der Waals surface area contributed by atoms with Crippen LogP contribution in [0.4, 0.5) is 0 Å². The van der Waals surface area contributed by atoms with Gasteiger partial charge in [0.2, 0.25) is 0 Å². The molecule has 2 aromatic rings. The standard InChI is InChI=1S/C13H17BrN4O/c1-3-7-19-10-6-4-5-9(8-10)11(15)12-13(14)16-17-18(12)2/h4-6,8,11H,3,7,15H2,1-2H3. The fraction of sp³-hybridized carbons (Fsp3) is 0.385. The maximum absolute atomic E-state index is 6.27. The minimum absolute atomic E-state index is 0.292. The van der Waals surface area contributed by atoms with Gasteiger partial charge in [0, 0.05) is 7.05 Å². The van der Waals surface area contributed by atoms with Crippen molar-refractivity contribution in [1.82, 2.24) is 15.0 Å². The van der Waals surface area contributed by atoms with E-state index in [1.54, 1.807) is 4.68 Å². The maximum atomic E-state index is 6.27. The van der Waals surface area contributed by atoms with E-state index in [-0.39, 0.29) is 6.04 Å². The Bertz CT molecular complexity index is 536. The first-order chi connectivity index (χ1) is 9.13. The zero-order chi connectivity index (χ0) is 13.8. The van der Waals surface area contributed by atoms with E-state index in [9.17, 15) is 0 Å². The number of halogens is 1. The van der Waals surface area contributed by atoms with Crippen LogP contribution in [0.1, 0.15) is 30.6 Å². The fourth-order valence-corrected chi connectivity index (χ4v) is 2.42. The summed E-state index contributed by atoms with van der Waals surface area (Å²) in [4.78, 5) is 0. The fourth-order valence-electron chi connectivity index (χ4n) is 1.84. The summed E-state index contributed by atoms with van der Waals surface area (Å²) in [5, 5.41) is 7.90. The van der Waals surface area contributed by atoms with Crippen LogP contribution in [0.2, 0.25) is 0 Å². The van der Waals surface area contributed by atoms with E-state index in [4.69, 9.17) is 10.5 Å². The van der Waals surface area contributed by atoms with E-state index < -0.39 is 0 Å². The third kappa shape index (κ3) is 3.13. The molecule has 0 saturated heterocycles. The van der Waals surface area contributed by atoms with Gasteiger partial charge < -0.3 is 10.5 Å². The number of nitrogens with two attached hydrogens (primary N) is 1. The first-order valence-corrected chi connectivity index (χ1v) is 6.96. The van der Waals surface area contributed by atoms with E-state index in [1.165, 1.54) is 0 Å². The highest BCUT2D eigenvalue weighted by atomic mass is 79.9. The summed E-state index contributed by atoms with van der Waals surface area (Å²) in [6, 6.07) is 7.52. The molecule has 1 aromatic carbocycles. The second-order valence-corrected chi connectivity index (χ2v) is 5.04. The third-order valence-electron chi connectivity index (χ3n) is 2.81. The summed E-state index contributed by atoms with van der Waals surface area (Å²) in [5.74, 6) is 0.834. The van der Waals surface area contributed by atoms with Crippen LogP contribution in [0.5, 0.6) is 5.75 Å². The van der Waals surface area contributed by atoms with Gasteiger partial charge >= 0.3 is 0 Å². The minimum Gasteiger partial charge on any atom is -0.494 e. The van der Waals surface area contributed by atoms with Crippen molar-refractivity contribution in [2.24, 2.45) is 12.8 Å². The Morgan fingerprint density at radius 1 is 1.47 bits per heavy atom. The molecule has 0 spiro atoms. The third-order valence-corrected chi connectivity index (χ3v) is 3.38. The number of aryl methyl sites for hydroxylation is 1. The molecule has 102 valence electrons. The van der Waals surface area contributed by atoms with Gasteiger partial charge in [0.1, 0.15) is 5.75 Å². The van der Waals surface area contributed by atoms with Gasteiger partial charge in [0.05, 0.1) is 18.3 Å². The van der Waals surface area contributed by atoms with Gasteiger partial charge in [0.25, 0.3) is 0 Å². The number of nitrogens with zero attached hydrogens (tertiary/aromatic N) is 3. The first kappa shape index (κ1) is 14.0. The highest BCUT2D eigenvalue weighted by Crippen LogP contribution is 2.26. The Kier molecular flexibility index (Phi) is 4.55. The Balaban J connectivity index is 2.26. The lowest BCUT2D eigenvalue weighted by atomic mass is 10.0. The van der Waals surface area contributed by atoms with Crippen molar-refractivity contribution >= 4 is 15.9 Å². The van der Waals surface area contributed by atoms with Crippen molar-refractivity contribution in [3.8, 4) is 5.75 Å². The lowest BCUT2D eigenvalue weighted by Crippen LogP contribution is -2.16. The molecule has 0 aliphatic rings. The number of rotatable bonds is 5. The summed E-state index contributed by atoms with van der Waals surface area (Å²) < 4.78 is 7.96. The lowest BCUT2D eigenvalue weighted by molar-refractivity contribution is 0.317. The van der Waals surface area contributed by atoms with Crippen LogP contribution in [0, 0.1) is 0 Å². The van der Waals surface area contributed by atoms with Crippen LogP contribution < -0.4 is 10.5 Å². The molecule has 1 atom stereocenters. The summed E-state index contributed by atoms with van der Waals surface area (Å²) in [7, 11) is 1.82. The molecule has 5 nitrogen and oxygen atoms in total. The van der Waals surface area contributed by atoms with Gasteiger partial charge in [-0.2, -0.15) is 0 Å². The first-order valence-electron chi connectivity index (χ1n) is 6.17. The zero-order valence-electron chi connectivity index (χ0n) is 11.0. The van der Waals surface area contributed by atoms with Gasteiger partial charge in [-0.1, -0.05) is 24.3 Å².